The molecule has 0 radical (unpaired) electrons. The van der Waals surface area contributed by atoms with Gasteiger partial charge in [-0.15, -0.1) is 0 Å². The Labute approximate surface area is 55.8 Å². The summed E-state index contributed by atoms with van der Waals surface area (Å²) in [4.78, 5) is 0. The van der Waals surface area contributed by atoms with Gasteiger partial charge in [0.2, 0.25) is 0 Å². The topological polar surface area (TPSA) is 32.1 Å². The molecule has 9 heavy (non-hydrogen) atoms. The molecule has 0 unspecified atom stereocenters. The van der Waals surface area contributed by atoms with E-state index in [1.807, 2.05) is 0 Å². The van der Waals surface area contributed by atoms with E-state index in [4.69, 9.17) is 9.84 Å². The lowest BCUT2D eigenvalue weighted by Gasteiger charge is -2.19. The molecule has 1 fully saturated rings. The van der Waals surface area contributed by atoms with Crippen molar-refractivity contribution in [2.24, 2.45) is 5.92 Å². The molecule has 1 heterocycles. The number of ether oxygens (including phenoxy) is 1. The highest BCUT2D eigenvalue weighted by Gasteiger charge is 2.12. The monoisotopic (exact) mass is 131 g/mol. The van der Waals surface area contributed by atoms with Gasteiger partial charge in [0.05, 0.1) is 0 Å². The van der Waals surface area contributed by atoms with Crippen molar-refractivity contribution in [1.82, 2.24) is 0 Å². The minimum absolute atomic E-state index is 0.588. The molecule has 2 heteroatoms. The third kappa shape index (κ3) is 2.33. The first-order chi connectivity index (χ1) is 4.43. The van der Waals surface area contributed by atoms with Crippen molar-refractivity contribution < 1.29 is 9.84 Å². The van der Waals surface area contributed by atoms with Crippen LogP contribution in [0.25, 0.3) is 0 Å². The van der Waals surface area contributed by atoms with E-state index in [-0.39, 0.29) is 0 Å². The summed E-state index contributed by atoms with van der Waals surface area (Å²) in [6.07, 6.45) is 3.43. The smallest absolute Gasteiger partial charge is 0.143 e. The van der Waals surface area contributed by atoms with E-state index >= 15 is 0 Å². The summed E-state index contributed by atoms with van der Waals surface area (Å²) in [6, 6.07) is 0. The summed E-state index contributed by atoms with van der Waals surface area (Å²) >= 11 is 0. The highest BCUT2D eigenvalue weighted by molar-refractivity contribution is 4.61. The molecule has 2 N–H and O–H groups in total. The van der Waals surface area contributed by atoms with Crippen molar-refractivity contribution in [3.63, 3.8) is 0 Å². The first-order valence-corrected chi connectivity index (χ1v) is 3.66. The van der Waals surface area contributed by atoms with E-state index in [0.717, 1.165) is 25.6 Å². The number of hydrogen-bond acceptors (Lipinski definition) is 1. The quantitative estimate of drug-likeness (QED) is 0.503. The van der Waals surface area contributed by atoms with Gasteiger partial charge in [0, 0.05) is 19.6 Å². The van der Waals surface area contributed by atoms with Crippen molar-refractivity contribution in [3.8, 4) is 0 Å². The Morgan fingerprint density at radius 1 is 1.33 bits per heavy atom. The zero-order valence-corrected chi connectivity index (χ0v) is 5.73. The molecule has 0 aromatic carbocycles. The lowest BCUT2D eigenvalue weighted by atomic mass is 9.97. The normalized spacial score (nSPS) is 22.3. The second kappa shape index (κ2) is 3.85. The van der Waals surface area contributed by atoms with E-state index in [1.165, 1.54) is 12.8 Å². The maximum absolute atomic E-state index is 7.00. The van der Waals surface area contributed by atoms with E-state index in [2.05, 4.69) is 0 Å². The van der Waals surface area contributed by atoms with Crippen molar-refractivity contribution >= 4 is 0 Å². The Morgan fingerprint density at radius 3 is 2.56 bits per heavy atom. The third-order valence-electron chi connectivity index (χ3n) is 1.89. The lowest BCUT2D eigenvalue weighted by molar-refractivity contribution is 0.0581. The molecular formula is C7H15O2+. The molecule has 1 rings (SSSR count). The average Bonchev–Trinajstić information content (AvgIpc) is 1.91. The predicted molar refractivity (Wildman–Crippen MR) is 36.6 cm³/mol. The van der Waals surface area contributed by atoms with Gasteiger partial charge in [0.15, 0.2) is 0 Å². The summed E-state index contributed by atoms with van der Waals surface area (Å²) in [6.45, 7) is 2.43. The van der Waals surface area contributed by atoms with Crippen LogP contribution in [0.5, 0.6) is 0 Å². The largest absolute Gasteiger partial charge is 0.445 e. The Morgan fingerprint density at radius 2 is 2.00 bits per heavy atom. The van der Waals surface area contributed by atoms with Crippen molar-refractivity contribution in [3.05, 3.63) is 0 Å². The van der Waals surface area contributed by atoms with Crippen LogP contribution in [0.1, 0.15) is 19.3 Å². The maximum atomic E-state index is 7.00. The van der Waals surface area contributed by atoms with Crippen molar-refractivity contribution in [2.75, 3.05) is 19.8 Å². The van der Waals surface area contributed by atoms with Gasteiger partial charge in [-0.25, -0.2) is 0 Å². The molecule has 0 atom stereocenters. The first kappa shape index (κ1) is 7.03. The van der Waals surface area contributed by atoms with Gasteiger partial charge in [-0.1, -0.05) is 0 Å². The van der Waals surface area contributed by atoms with E-state index in [1.54, 1.807) is 0 Å². The van der Waals surface area contributed by atoms with Crippen LogP contribution in [0.2, 0.25) is 0 Å². The molecule has 0 bridgehead atoms. The van der Waals surface area contributed by atoms with Crippen LogP contribution in [0, 0.1) is 5.92 Å². The standard InChI is InChI=1S/C7H14O2/c8-4-1-7-2-5-9-6-3-7/h7-8H,1-6H2/p+1. The summed E-state index contributed by atoms with van der Waals surface area (Å²) in [7, 11) is 0. The fourth-order valence-electron chi connectivity index (χ4n) is 1.24. The fourth-order valence-corrected chi connectivity index (χ4v) is 1.24. The van der Waals surface area contributed by atoms with Crippen LogP contribution >= 0.6 is 0 Å². The molecule has 0 aromatic heterocycles. The van der Waals surface area contributed by atoms with Crippen LogP contribution in [0.15, 0.2) is 0 Å². The Hall–Kier alpha value is -0.0800. The van der Waals surface area contributed by atoms with E-state index in [9.17, 15) is 0 Å². The van der Waals surface area contributed by atoms with Gasteiger partial charge in [0.1, 0.15) is 6.61 Å². The predicted octanol–water partition coefficient (Wildman–Crippen LogP) is 0.528. The Bertz CT molecular complexity index is 64.6. The molecule has 54 valence electrons. The van der Waals surface area contributed by atoms with Crippen LogP contribution in [-0.4, -0.2) is 24.9 Å². The first-order valence-electron chi connectivity index (χ1n) is 3.66. The molecule has 0 amide bonds. The molecule has 1 aliphatic heterocycles. The molecule has 0 spiro atoms. The number of rotatable bonds is 2. The molecule has 0 aromatic rings. The summed E-state index contributed by atoms with van der Waals surface area (Å²) in [5.41, 5.74) is 0. The minimum atomic E-state index is 0.588. The van der Waals surface area contributed by atoms with Crippen LogP contribution in [-0.2, 0) is 4.74 Å². The van der Waals surface area contributed by atoms with Gasteiger partial charge < -0.3 is 9.84 Å². The molecular weight excluding hydrogens is 116 g/mol. The molecule has 1 saturated heterocycles. The average molecular weight is 131 g/mol. The SMILES string of the molecule is [OH2+]CCC1CCOCC1. The highest BCUT2D eigenvalue weighted by Crippen LogP contribution is 2.17. The molecule has 0 aliphatic carbocycles. The van der Waals surface area contributed by atoms with Gasteiger partial charge >= 0.3 is 0 Å². The van der Waals surface area contributed by atoms with Gasteiger partial charge in [-0.3, -0.25) is 0 Å². The zero-order chi connectivity index (χ0) is 6.53. The Balaban J connectivity index is 2.08. The lowest BCUT2D eigenvalue weighted by Crippen LogP contribution is -2.16. The summed E-state index contributed by atoms with van der Waals surface area (Å²) < 4.78 is 5.18. The zero-order valence-electron chi connectivity index (χ0n) is 5.73. The fraction of sp³-hybridized carbons (Fsp3) is 1.00. The van der Waals surface area contributed by atoms with Crippen LogP contribution < -0.4 is 0 Å². The summed E-state index contributed by atoms with van der Waals surface area (Å²) in [5, 5.41) is 7.00. The molecule has 1 aliphatic rings. The maximum Gasteiger partial charge on any atom is 0.143 e. The molecule has 0 saturated carbocycles. The minimum Gasteiger partial charge on any atom is -0.445 e. The highest BCUT2D eigenvalue weighted by atomic mass is 16.5. The van der Waals surface area contributed by atoms with E-state index < -0.39 is 0 Å². The van der Waals surface area contributed by atoms with Crippen LogP contribution in [0.3, 0.4) is 0 Å². The second-order valence-electron chi connectivity index (χ2n) is 2.59. The van der Waals surface area contributed by atoms with Crippen LogP contribution in [0.4, 0.5) is 0 Å². The van der Waals surface area contributed by atoms with Crippen molar-refractivity contribution in [1.29, 1.82) is 0 Å². The second-order valence-corrected chi connectivity index (χ2v) is 2.59. The van der Waals surface area contributed by atoms with E-state index in [0.29, 0.717) is 6.61 Å². The third-order valence-corrected chi connectivity index (χ3v) is 1.89. The van der Waals surface area contributed by atoms with Gasteiger partial charge in [-0.2, -0.15) is 0 Å². The molecule has 2 nitrogen and oxygen atoms in total. The summed E-state index contributed by atoms with van der Waals surface area (Å²) in [5.74, 6) is 0.788. The van der Waals surface area contributed by atoms with Gasteiger partial charge in [-0.05, 0) is 18.8 Å². The van der Waals surface area contributed by atoms with Gasteiger partial charge in [0.25, 0.3) is 0 Å². The number of hydrogen-bond donors (Lipinski definition) is 0. The Kier molecular flexibility index (Phi) is 3.01. The van der Waals surface area contributed by atoms with Crippen molar-refractivity contribution in [2.45, 2.75) is 19.3 Å².